The van der Waals surface area contributed by atoms with Crippen molar-refractivity contribution in [3.05, 3.63) is 36.4 Å². The van der Waals surface area contributed by atoms with Gasteiger partial charge in [-0.15, -0.1) is 0 Å². The summed E-state index contributed by atoms with van der Waals surface area (Å²) < 4.78 is 41.7. The molecule has 2 rings (SSSR count). The number of H-pyrrole nitrogens is 2. The van der Waals surface area contributed by atoms with E-state index >= 15 is 0 Å². The Kier molecular flexibility index (Phi) is 1.24. The maximum atomic E-state index is 7.06. The SMILES string of the molecule is Cc1ncc[nH]1.[2H]c1nc(C([2H])([2H])[2H])n([2H])c1[2H]. The maximum absolute atomic E-state index is 7.06. The molecule has 2 aromatic heterocycles. The molecule has 2 aromatic rings. The van der Waals surface area contributed by atoms with E-state index in [1.54, 1.807) is 12.4 Å². The van der Waals surface area contributed by atoms with Crippen LogP contribution in [0.25, 0.3) is 0 Å². The molecule has 64 valence electrons. The van der Waals surface area contributed by atoms with E-state index in [1.165, 1.54) is 0 Å². The first kappa shape index (κ1) is 3.43. The first-order valence-corrected chi connectivity index (χ1v) is 3.25. The zero-order chi connectivity index (χ0) is 13.9. The molecule has 2 heterocycles. The van der Waals surface area contributed by atoms with E-state index in [1.807, 2.05) is 6.92 Å². The van der Waals surface area contributed by atoms with Crippen LogP contribution >= 0.6 is 0 Å². The van der Waals surface area contributed by atoms with Crippen molar-refractivity contribution in [2.45, 2.75) is 13.8 Å². The Hall–Kier alpha value is -1.58. The van der Waals surface area contributed by atoms with E-state index in [9.17, 15) is 0 Å². The predicted octanol–water partition coefficient (Wildman–Crippen LogP) is 1.44. The second-order valence-electron chi connectivity index (χ2n) is 1.95. The quantitative estimate of drug-likeness (QED) is 0.628. The molecule has 0 spiro atoms. The third-order valence-electron chi connectivity index (χ3n) is 1.01. The second kappa shape index (κ2) is 4.33. The number of hydrogen-bond acceptors (Lipinski definition) is 2. The second-order valence-corrected chi connectivity index (χ2v) is 1.95. The van der Waals surface area contributed by atoms with Crippen molar-refractivity contribution in [1.82, 2.24) is 19.9 Å². The molecule has 0 saturated carbocycles. The van der Waals surface area contributed by atoms with Crippen molar-refractivity contribution in [3.63, 3.8) is 0 Å². The number of imidazole rings is 2. The fraction of sp³-hybridized carbons (Fsp3) is 0.250. The van der Waals surface area contributed by atoms with Gasteiger partial charge < -0.3 is 9.96 Å². The van der Waals surface area contributed by atoms with Crippen LogP contribution < -0.4 is 0 Å². The van der Waals surface area contributed by atoms with Gasteiger partial charge in [0.15, 0.2) is 1.41 Å². The van der Waals surface area contributed by atoms with Gasteiger partial charge in [-0.05, 0) is 13.8 Å². The summed E-state index contributed by atoms with van der Waals surface area (Å²) in [5.41, 5.74) is 0. The van der Waals surface area contributed by atoms with Crippen LogP contribution in [0.4, 0.5) is 0 Å². The zero-order valence-electron chi connectivity index (χ0n) is 12.5. The highest BCUT2D eigenvalue weighted by Crippen LogP contribution is 1.79. The van der Waals surface area contributed by atoms with Crippen molar-refractivity contribution in [3.8, 4) is 0 Å². The minimum Gasteiger partial charge on any atom is -0.349 e. The first-order chi connectivity index (χ1) is 8.23. The van der Waals surface area contributed by atoms with E-state index in [4.69, 9.17) is 8.27 Å². The highest BCUT2D eigenvalue weighted by molar-refractivity contribution is 4.81. The van der Waals surface area contributed by atoms with Crippen LogP contribution in [0.1, 0.15) is 18.5 Å². The van der Waals surface area contributed by atoms with Gasteiger partial charge in [-0.25, -0.2) is 9.97 Å². The van der Waals surface area contributed by atoms with Crippen LogP contribution in [-0.4, -0.2) is 19.9 Å². The number of aromatic amines is 2. The Morgan fingerprint density at radius 1 is 1.58 bits per heavy atom. The number of nitrogens with zero attached hydrogens (tertiary/aromatic N) is 2. The average Bonchev–Trinajstić information content (AvgIpc) is 2.82. The lowest BCUT2D eigenvalue weighted by atomic mass is 10.8. The van der Waals surface area contributed by atoms with Gasteiger partial charge in [0.05, 0.1) is 2.74 Å². The third-order valence-corrected chi connectivity index (χ3v) is 1.01. The normalized spacial score (nSPS) is 17.1. The molecule has 0 amide bonds. The molecule has 0 aliphatic rings. The summed E-state index contributed by atoms with van der Waals surface area (Å²) in [5, 5.41) is 0. The average molecular weight is 170 g/mol. The Bertz CT molecular complexity index is 500. The predicted molar refractivity (Wildman–Crippen MR) is 46.6 cm³/mol. The van der Waals surface area contributed by atoms with Crippen LogP contribution in [0.2, 0.25) is 1.41 Å². The van der Waals surface area contributed by atoms with E-state index in [-0.39, 0.29) is 0 Å². The number of hydrogen-bond donors (Lipinski definition) is 2. The summed E-state index contributed by atoms with van der Waals surface area (Å²) in [6, 6.07) is 0. The molecule has 0 unspecified atom stereocenters. The topological polar surface area (TPSA) is 57.4 Å². The summed E-state index contributed by atoms with van der Waals surface area (Å²) in [6.45, 7) is -0.614. The van der Waals surface area contributed by atoms with E-state index in [0.717, 1.165) is 5.82 Å². The molecule has 0 saturated heterocycles. The largest absolute Gasteiger partial charge is 0.349 e. The molecule has 0 aliphatic heterocycles. The number of aryl methyl sites for hydroxylation is 2. The number of aromatic nitrogens is 4. The minimum atomic E-state index is -2.53. The highest BCUT2D eigenvalue weighted by atomic mass is 14.9. The first-order valence-electron chi connectivity index (χ1n) is 6.20. The van der Waals surface area contributed by atoms with Gasteiger partial charge in [0.25, 0.3) is 0 Å². The van der Waals surface area contributed by atoms with Crippen molar-refractivity contribution in [1.29, 1.82) is 0 Å². The molecule has 4 heteroatoms. The fourth-order valence-corrected chi connectivity index (χ4v) is 0.525. The number of nitrogens with one attached hydrogen (secondary N) is 2. The Balaban J connectivity index is 0.000000225. The molecule has 12 heavy (non-hydrogen) atoms. The molecule has 4 nitrogen and oxygen atoms in total. The van der Waals surface area contributed by atoms with Crippen LogP contribution in [0.5, 0.6) is 0 Å². The lowest BCUT2D eigenvalue weighted by Gasteiger charge is -1.68. The highest BCUT2D eigenvalue weighted by Gasteiger charge is 1.74. The third kappa shape index (κ3) is 3.01. The van der Waals surface area contributed by atoms with Gasteiger partial charge in [0.2, 0.25) is 0 Å². The van der Waals surface area contributed by atoms with Gasteiger partial charge in [-0.2, -0.15) is 0 Å². The Morgan fingerprint density at radius 3 is 2.75 bits per heavy atom. The van der Waals surface area contributed by atoms with Gasteiger partial charge in [-0.3, -0.25) is 0 Å². The molecule has 0 atom stereocenters. The molecule has 0 aliphatic carbocycles. The van der Waals surface area contributed by atoms with E-state index < -0.39 is 25.0 Å². The van der Waals surface area contributed by atoms with E-state index in [2.05, 4.69) is 15.0 Å². The lowest BCUT2D eigenvalue weighted by molar-refractivity contribution is 1.15. The van der Waals surface area contributed by atoms with Crippen LogP contribution in [0.15, 0.2) is 24.7 Å². The zero-order valence-corrected chi connectivity index (χ0v) is 6.50. The molecular formula is C8H12N4. The van der Waals surface area contributed by atoms with Gasteiger partial charge in [-0.1, -0.05) is 0 Å². The summed E-state index contributed by atoms with van der Waals surface area (Å²) >= 11 is 0. The Morgan fingerprint density at radius 2 is 2.50 bits per heavy atom. The van der Waals surface area contributed by atoms with Gasteiger partial charge in [0.1, 0.15) is 11.6 Å². The minimum absolute atomic E-state index is 0.343. The Labute approximate surface area is 79.6 Å². The summed E-state index contributed by atoms with van der Waals surface area (Å²) in [4.78, 5) is 10.4. The molecule has 0 fully saturated rings. The van der Waals surface area contributed by atoms with Crippen molar-refractivity contribution >= 4 is 0 Å². The van der Waals surface area contributed by atoms with Gasteiger partial charge >= 0.3 is 0 Å². The maximum Gasteiger partial charge on any atom is 0.167 e. The molecule has 0 radical (unpaired) electrons. The summed E-state index contributed by atoms with van der Waals surface area (Å²) in [7, 11) is 0. The van der Waals surface area contributed by atoms with Crippen molar-refractivity contribution < 1.29 is 8.27 Å². The number of rotatable bonds is 0. The lowest BCUT2D eigenvalue weighted by Crippen LogP contribution is -1.66. The van der Waals surface area contributed by atoms with Gasteiger partial charge in [0, 0.05) is 28.9 Å². The summed E-state index contributed by atoms with van der Waals surface area (Å²) in [5.74, 6) is 0.424. The van der Waals surface area contributed by atoms with Crippen molar-refractivity contribution in [2.75, 3.05) is 0 Å². The monoisotopic (exact) mass is 170 g/mol. The molecular weight excluding hydrogens is 152 g/mol. The van der Waals surface area contributed by atoms with Crippen molar-refractivity contribution in [2.24, 2.45) is 0 Å². The van der Waals surface area contributed by atoms with E-state index in [0.29, 0.717) is 4.98 Å². The molecule has 0 aromatic carbocycles. The van der Waals surface area contributed by atoms with Crippen LogP contribution in [0, 0.1) is 13.8 Å². The molecule has 0 bridgehead atoms. The fourth-order valence-electron chi connectivity index (χ4n) is 0.525. The standard InChI is InChI=1S/2C4H6N2/c2*1-4-5-2-3-6-4/h2*2-3H,1H3,(H,5,6)/i1D3,2D,3D;/hD. The molecule has 2 N–H and O–H groups in total. The smallest absolute Gasteiger partial charge is 0.167 e. The summed E-state index contributed by atoms with van der Waals surface area (Å²) in [6.07, 6.45) is 2.53. The van der Waals surface area contributed by atoms with Crippen LogP contribution in [-0.2, 0) is 0 Å². The van der Waals surface area contributed by atoms with Crippen LogP contribution in [0.3, 0.4) is 0 Å².